The molecule has 0 radical (unpaired) electrons. The fourth-order valence-electron chi connectivity index (χ4n) is 3.13. The molecule has 4 nitrogen and oxygen atoms in total. The summed E-state index contributed by atoms with van der Waals surface area (Å²) in [6, 6.07) is 11.9. The molecule has 1 amide bonds. The van der Waals surface area contributed by atoms with Crippen molar-refractivity contribution in [2.45, 2.75) is 43.2 Å². The maximum Gasteiger partial charge on any atom is 0.233 e. The number of furan rings is 1. The number of rotatable bonds is 6. The second-order valence-corrected chi connectivity index (χ2v) is 7.30. The molecule has 128 valence electrons. The van der Waals surface area contributed by atoms with Gasteiger partial charge in [0.1, 0.15) is 11.9 Å². The largest absolute Gasteiger partial charge is 0.467 e. The standard InChI is InChI=1S/C19H23NO3S/c1-14-6-8-16(9-7-14)24-13-19(22)20-10-2-4-15(20)12-17(21)18-5-3-11-23-18/h3,5-9,11,15,17,21H,2,4,10,12-13H2,1H3. The van der Waals surface area contributed by atoms with Crippen molar-refractivity contribution in [2.24, 2.45) is 0 Å². The molecule has 2 unspecified atom stereocenters. The monoisotopic (exact) mass is 345 g/mol. The topological polar surface area (TPSA) is 53.7 Å². The van der Waals surface area contributed by atoms with Gasteiger partial charge in [0.25, 0.3) is 0 Å². The second kappa shape index (κ2) is 7.90. The average molecular weight is 345 g/mol. The number of thioether (sulfide) groups is 1. The Hall–Kier alpha value is -1.72. The summed E-state index contributed by atoms with van der Waals surface area (Å²) in [5.41, 5.74) is 1.22. The first-order valence-electron chi connectivity index (χ1n) is 8.34. The van der Waals surface area contributed by atoms with Gasteiger partial charge in [0, 0.05) is 23.9 Å². The zero-order valence-corrected chi connectivity index (χ0v) is 14.7. The van der Waals surface area contributed by atoms with E-state index >= 15 is 0 Å². The Labute approximate surface area is 146 Å². The summed E-state index contributed by atoms with van der Waals surface area (Å²) in [7, 11) is 0. The lowest BCUT2D eigenvalue weighted by Crippen LogP contribution is -2.37. The summed E-state index contributed by atoms with van der Waals surface area (Å²) in [6.07, 6.45) is 3.39. The van der Waals surface area contributed by atoms with Crippen molar-refractivity contribution in [1.29, 1.82) is 0 Å². The number of hydrogen-bond acceptors (Lipinski definition) is 4. The third-order valence-electron chi connectivity index (χ3n) is 4.45. The van der Waals surface area contributed by atoms with E-state index in [1.807, 2.05) is 4.90 Å². The van der Waals surface area contributed by atoms with E-state index in [1.165, 1.54) is 5.56 Å². The molecule has 1 aromatic heterocycles. The molecular formula is C19H23NO3S. The van der Waals surface area contributed by atoms with E-state index in [-0.39, 0.29) is 11.9 Å². The maximum absolute atomic E-state index is 12.6. The number of hydrogen-bond donors (Lipinski definition) is 1. The summed E-state index contributed by atoms with van der Waals surface area (Å²) >= 11 is 1.57. The molecule has 2 aromatic rings. The van der Waals surface area contributed by atoms with E-state index in [4.69, 9.17) is 4.42 Å². The van der Waals surface area contributed by atoms with Crippen LogP contribution in [0.15, 0.2) is 52.0 Å². The van der Waals surface area contributed by atoms with Gasteiger partial charge in [-0.3, -0.25) is 4.79 Å². The number of aliphatic hydroxyl groups is 1. The van der Waals surface area contributed by atoms with Gasteiger partial charge in [-0.05, 0) is 44.0 Å². The quantitative estimate of drug-likeness (QED) is 0.809. The highest BCUT2D eigenvalue weighted by atomic mass is 32.2. The fourth-order valence-corrected chi connectivity index (χ4v) is 3.91. The van der Waals surface area contributed by atoms with Crippen LogP contribution >= 0.6 is 11.8 Å². The lowest BCUT2D eigenvalue weighted by molar-refractivity contribution is -0.129. The number of amides is 1. The predicted octanol–water partition coefficient (Wildman–Crippen LogP) is 3.79. The SMILES string of the molecule is Cc1ccc(SCC(=O)N2CCCC2CC(O)c2ccco2)cc1. The van der Waals surface area contributed by atoms with Crippen LogP contribution in [0.5, 0.6) is 0 Å². The van der Waals surface area contributed by atoms with E-state index in [2.05, 4.69) is 31.2 Å². The zero-order chi connectivity index (χ0) is 16.9. The molecule has 0 spiro atoms. The molecule has 0 bridgehead atoms. The van der Waals surface area contributed by atoms with Crippen LogP contribution in [0.25, 0.3) is 0 Å². The van der Waals surface area contributed by atoms with E-state index in [0.29, 0.717) is 17.9 Å². The lowest BCUT2D eigenvalue weighted by Gasteiger charge is -2.26. The molecule has 3 rings (SSSR count). The average Bonchev–Trinajstić information content (AvgIpc) is 3.25. The Bertz CT molecular complexity index is 654. The van der Waals surface area contributed by atoms with Crippen LogP contribution in [-0.4, -0.2) is 34.3 Å². The molecule has 1 saturated heterocycles. The molecule has 0 aliphatic carbocycles. The Morgan fingerprint density at radius 3 is 2.88 bits per heavy atom. The number of aryl methyl sites for hydroxylation is 1. The van der Waals surface area contributed by atoms with Crippen molar-refractivity contribution in [2.75, 3.05) is 12.3 Å². The van der Waals surface area contributed by atoms with Gasteiger partial charge in [-0.2, -0.15) is 0 Å². The van der Waals surface area contributed by atoms with Crippen LogP contribution in [-0.2, 0) is 4.79 Å². The minimum atomic E-state index is -0.650. The minimum absolute atomic E-state index is 0.0937. The van der Waals surface area contributed by atoms with E-state index < -0.39 is 6.10 Å². The summed E-state index contributed by atoms with van der Waals surface area (Å²) in [5, 5.41) is 10.3. The summed E-state index contributed by atoms with van der Waals surface area (Å²) in [4.78, 5) is 15.6. The lowest BCUT2D eigenvalue weighted by atomic mass is 10.1. The van der Waals surface area contributed by atoms with Crippen molar-refractivity contribution < 1.29 is 14.3 Å². The second-order valence-electron chi connectivity index (χ2n) is 6.25. The highest BCUT2D eigenvalue weighted by molar-refractivity contribution is 8.00. The normalized spacial score (nSPS) is 18.8. The van der Waals surface area contributed by atoms with Gasteiger partial charge in [0.2, 0.25) is 5.91 Å². The number of aliphatic hydroxyl groups excluding tert-OH is 1. The van der Waals surface area contributed by atoms with Crippen LogP contribution in [0, 0.1) is 6.92 Å². The van der Waals surface area contributed by atoms with Gasteiger partial charge >= 0.3 is 0 Å². The molecule has 0 saturated carbocycles. The smallest absolute Gasteiger partial charge is 0.233 e. The number of benzene rings is 1. The van der Waals surface area contributed by atoms with Crippen LogP contribution in [0.2, 0.25) is 0 Å². The highest BCUT2D eigenvalue weighted by Gasteiger charge is 2.31. The molecule has 1 aromatic carbocycles. The first kappa shape index (κ1) is 17.1. The van der Waals surface area contributed by atoms with Crippen LogP contribution in [0.3, 0.4) is 0 Å². The van der Waals surface area contributed by atoms with E-state index in [9.17, 15) is 9.90 Å². The summed E-state index contributed by atoms with van der Waals surface area (Å²) in [5.74, 6) is 1.16. The van der Waals surface area contributed by atoms with E-state index in [1.54, 1.807) is 30.2 Å². The van der Waals surface area contributed by atoms with Gasteiger partial charge in [0.15, 0.2) is 0 Å². The van der Waals surface area contributed by atoms with Crippen LogP contribution in [0.4, 0.5) is 0 Å². The highest BCUT2D eigenvalue weighted by Crippen LogP contribution is 2.29. The van der Waals surface area contributed by atoms with Gasteiger partial charge in [0.05, 0.1) is 12.0 Å². The van der Waals surface area contributed by atoms with Crippen molar-refractivity contribution >= 4 is 17.7 Å². The Balaban J connectivity index is 1.54. The third kappa shape index (κ3) is 4.22. The molecule has 24 heavy (non-hydrogen) atoms. The van der Waals surface area contributed by atoms with Crippen LogP contribution < -0.4 is 0 Å². The summed E-state index contributed by atoms with van der Waals surface area (Å²) in [6.45, 7) is 2.83. The maximum atomic E-state index is 12.6. The molecular weight excluding hydrogens is 322 g/mol. The fraction of sp³-hybridized carbons (Fsp3) is 0.421. The van der Waals surface area contributed by atoms with Gasteiger partial charge in [-0.15, -0.1) is 11.8 Å². The van der Waals surface area contributed by atoms with E-state index in [0.717, 1.165) is 24.3 Å². The molecule has 1 aliphatic heterocycles. The molecule has 1 aliphatic rings. The molecule has 2 atom stereocenters. The summed E-state index contributed by atoms with van der Waals surface area (Å²) < 4.78 is 5.26. The van der Waals surface area contributed by atoms with Crippen molar-refractivity contribution in [3.8, 4) is 0 Å². The van der Waals surface area contributed by atoms with Crippen molar-refractivity contribution in [3.05, 3.63) is 54.0 Å². The first-order valence-corrected chi connectivity index (χ1v) is 9.32. The molecule has 2 heterocycles. The van der Waals surface area contributed by atoms with Gasteiger partial charge in [-0.1, -0.05) is 17.7 Å². The zero-order valence-electron chi connectivity index (χ0n) is 13.9. The Kier molecular flexibility index (Phi) is 5.63. The van der Waals surface area contributed by atoms with Crippen molar-refractivity contribution in [1.82, 2.24) is 4.90 Å². The first-order chi connectivity index (χ1) is 11.6. The number of carbonyl (C=O) groups excluding carboxylic acids is 1. The third-order valence-corrected chi connectivity index (χ3v) is 5.44. The number of nitrogens with zero attached hydrogens (tertiary/aromatic N) is 1. The predicted molar refractivity (Wildman–Crippen MR) is 94.9 cm³/mol. The molecule has 1 fully saturated rings. The molecule has 1 N–H and O–H groups in total. The Morgan fingerprint density at radius 2 is 2.17 bits per heavy atom. The van der Waals surface area contributed by atoms with Crippen LogP contribution in [0.1, 0.15) is 36.7 Å². The minimum Gasteiger partial charge on any atom is -0.467 e. The van der Waals surface area contributed by atoms with Crippen molar-refractivity contribution in [3.63, 3.8) is 0 Å². The number of likely N-dealkylation sites (tertiary alicyclic amines) is 1. The Morgan fingerprint density at radius 1 is 1.38 bits per heavy atom. The number of carbonyl (C=O) groups is 1. The van der Waals surface area contributed by atoms with Gasteiger partial charge in [-0.25, -0.2) is 0 Å². The van der Waals surface area contributed by atoms with Gasteiger partial charge < -0.3 is 14.4 Å². The molecule has 5 heteroatoms.